The van der Waals surface area contributed by atoms with Crippen molar-refractivity contribution in [2.45, 2.75) is 45.3 Å². The lowest BCUT2D eigenvalue weighted by Crippen LogP contribution is -2.41. The van der Waals surface area contributed by atoms with Crippen LogP contribution in [0.15, 0.2) is 22.8 Å². The maximum absolute atomic E-state index is 10.0. The predicted octanol–water partition coefficient (Wildman–Crippen LogP) is 2.67. The van der Waals surface area contributed by atoms with Gasteiger partial charge in [-0.3, -0.25) is 0 Å². The molecule has 1 aliphatic heterocycles. The van der Waals surface area contributed by atoms with E-state index < -0.39 is 6.10 Å². The van der Waals surface area contributed by atoms with Crippen LogP contribution in [0.3, 0.4) is 0 Å². The minimum atomic E-state index is -0.412. The molecule has 1 aliphatic rings. The fraction of sp³-hybridized carbons (Fsp3) is 0.750. The first kappa shape index (κ1) is 15.5. The molecule has 2 rings (SSSR count). The van der Waals surface area contributed by atoms with E-state index in [9.17, 15) is 5.11 Å². The Morgan fingerprint density at radius 3 is 3.20 bits per heavy atom. The number of β-amino-alcohol motifs (C(OH)–C–C–N with tert-alkyl or cyclic N) is 1. The first-order chi connectivity index (χ1) is 9.78. The summed E-state index contributed by atoms with van der Waals surface area (Å²) in [5, 5.41) is 10.0. The molecule has 20 heavy (non-hydrogen) atoms. The van der Waals surface area contributed by atoms with Gasteiger partial charge >= 0.3 is 0 Å². The molecular formula is C16H27NO3. The molecule has 1 aromatic heterocycles. The quantitative estimate of drug-likeness (QED) is 0.796. The summed E-state index contributed by atoms with van der Waals surface area (Å²) in [6.07, 6.45) is 6.39. The van der Waals surface area contributed by atoms with Gasteiger partial charge in [0.1, 0.15) is 12.4 Å². The normalized spacial score (nSPS) is 22.0. The number of hydrogen-bond donors (Lipinski definition) is 1. The van der Waals surface area contributed by atoms with Crippen molar-refractivity contribution in [2.24, 2.45) is 5.92 Å². The number of aliphatic hydroxyl groups is 1. The summed E-state index contributed by atoms with van der Waals surface area (Å²) in [4.78, 5) is 2.38. The second-order valence-corrected chi connectivity index (χ2v) is 5.80. The van der Waals surface area contributed by atoms with Gasteiger partial charge in [-0.1, -0.05) is 13.3 Å². The third-order valence-corrected chi connectivity index (χ3v) is 3.90. The number of furan rings is 1. The van der Waals surface area contributed by atoms with Crippen LogP contribution in [0.25, 0.3) is 0 Å². The first-order valence-electron chi connectivity index (χ1n) is 7.78. The summed E-state index contributed by atoms with van der Waals surface area (Å²) >= 11 is 0. The Morgan fingerprint density at radius 1 is 1.55 bits per heavy atom. The van der Waals surface area contributed by atoms with Gasteiger partial charge in [-0.05, 0) is 43.9 Å². The lowest BCUT2D eigenvalue weighted by molar-refractivity contribution is -0.00152. The minimum Gasteiger partial charge on any atom is -0.467 e. The number of nitrogens with zero attached hydrogens (tertiary/aromatic N) is 1. The highest BCUT2D eigenvalue weighted by molar-refractivity contribution is 4.96. The Balaban J connectivity index is 1.62. The van der Waals surface area contributed by atoms with E-state index in [-0.39, 0.29) is 0 Å². The monoisotopic (exact) mass is 281 g/mol. The van der Waals surface area contributed by atoms with E-state index >= 15 is 0 Å². The van der Waals surface area contributed by atoms with Crippen molar-refractivity contribution in [1.29, 1.82) is 0 Å². The van der Waals surface area contributed by atoms with Crippen LogP contribution < -0.4 is 0 Å². The molecule has 0 aromatic carbocycles. The first-order valence-corrected chi connectivity index (χ1v) is 7.78. The summed E-state index contributed by atoms with van der Waals surface area (Å²) in [6.45, 7) is 6.01. The van der Waals surface area contributed by atoms with Gasteiger partial charge < -0.3 is 19.2 Å². The second-order valence-electron chi connectivity index (χ2n) is 5.80. The van der Waals surface area contributed by atoms with Crippen molar-refractivity contribution in [2.75, 3.05) is 26.2 Å². The smallest absolute Gasteiger partial charge is 0.129 e. The van der Waals surface area contributed by atoms with Crippen molar-refractivity contribution in [3.63, 3.8) is 0 Å². The van der Waals surface area contributed by atoms with Crippen LogP contribution >= 0.6 is 0 Å². The molecule has 1 fully saturated rings. The lowest BCUT2D eigenvalue weighted by atomic mass is 9.93. The van der Waals surface area contributed by atoms with Gasteiger partial charge in [0.15, 0.2) is 0 Å². The SMILES string of the molecule is CCCC1CCCN(CC(O)COCc2ccco2)C1. The molecule has 0 bridgehead atoms. The van der Waals surface area contributed by atoms with Gasteiger partial charge in [0.25, 0.3) is 0 Å². The van der Waals surface area contributed by atoms with Gasteiger partial charge in [-0.25, -0.2) is 0 Å². The number of piperidine rings is 1. The Hall–Kier alpha value is -0.840. The lowest BCUT2D eigenvalue weighted by Gasteiger charge is -2.33. The van der Waals surface area contributed by atoms with E-state index in [4.69, 9.17) is 9.15 Å². The number of likely N-dealkylation sites (tertiary alicyclic amines) is 1. The molecule has 0 radical (unpaired) electrons. The highest BCUT2D eigenvalue weighted by Gasteiger charge is 2.21. The Labute approximate surface area is 121 Å². The van der Waals surface area contributed by atoms with Crippen LogP contribution in [0, 0.1) is 5.92 Å². The molecule has 4 heteroatoms. The highest BCUT2D eigenvalue weighted by atomic mass is 16.5. The average Bonchev–Trinajstić information content (AvgIpc) is 2.93. The van der Waals surface area contributed by atoms with Gasteiger partial charge in [-0.2, -0.15) is 0 Å². The van der Waals surface area contributed by atoms with Crippen LogP contribution in [-0.4, -0.2) is 42.4 Å². The number of aliphatic hydroxyl groups excluding tert-OH is 1. The zero-order chi connectivity index (χ0) is 14.2. The topological polar surface area (TPSA) is 45.8 Å². The van der Waals surface area contributed by atoms with Crippen molar-refractivity contribution >= 4 is 0 Å². The predicted molar refractivity (Wildman–Crippen MR) is 78.4 cm³/mol. The zero-order valence-electron chi connectivity index (χ0n) is 12.5. The molecule has 0 aliphatic carbocycles. The van der Waals surface area contributed by atoms with E-state index in [1.54, 1.807) is 6.26 Å². The van der Waals surface area contributed by atoms with Crippen LogP contribution in [0.5, 0.6) is 0 Å². The maximum atomic E-state index is 10.0. The molecule has 0 amide bonds. The molecule has 0 saturated carbocycles. The molecular weight excluding hydrogens is 254 g/mol. The molecule has 1 N–H and O–H groups in total. The summed E-state index contributed by atoms with van der Waals surface area (Å²) in [5.74, 6) is 1.61. The third kappa shape index (κ3) is 5.27. The van der Waals surface area contributed by atoms with E-state index in [1.165, 1.54) is 25.7 Å². The number of hydrogen-bond acceptors (Lipinski definition) is 4. The Morgan fingerprint density at radius 2 is 2.45 bits per heavy atom. The van der Waals surface area contributed by atoms with Crippen LogP contribution in [0.2, 0.25) is 0 Å². The summed E-state index contributed by atoms with van der Waals surface area (Å²) in [5.41, 5.74) is 0. The molecule has 114 valence electrons. The fourth-order valence-electron chi connectivity index (χ4n) is 3.00. The molecule has 0 spiro atoms. The van der Waals surface area contributed by atoms with Crippen molar-refractivity contribution in [1.82, 2.24) is 4.90 Å². The molecule has 2 heterocycles. The van der Waals surface area contributed by atoms with Gasteiger partial charge in [0.2, 0.25) is 0 Å². The second kappa shape index (κ2) is 8.45. The maximum Gasteiger partial charge on any atom is 0.129 e. The molecule has 1 saturated heterocycles. The Kier molecular flexibility index (Phi) is 6.57. The minimum absolute atomic E-state index is 0.371. The van der Waals surface area contributed by atoms with Gasteiger partial charge in [-0.15, -0.1) is 0 Å². The van der Waals surface area contributed by atoms with Crippen LogP contribution in [0.1, 0.15) is 38.4 Å². The zero-order valence-corrected chi connectivity index (χ0v) is 12.5. The van der Waals surface area contributed by atoms with Crippen molar-refractivity contribution in [3.05, 3.63) is 24.2 Å². The molecule has 4 nitrogen and oxygen atoms in total. The fourth-order valence-corrected chi connectivity index (χ4v) is 3.00. The number of rotatable bonds is 8. The van der Waals surface area contributed by atoms with E-state index in [1.807, 2.05) is 12.1 Å². The van der Waals surface area contributed by atoms with E-state index in [2.05, 4.69) is 11.8 Å². The average molecular weight is 281 g/mol. The third-order valence-electron chi connectivity index (χ3n) is 3.90. The molecule has 1 aromatic rings. The molecule has 2 unspecified atom stereocenters. The Bertz CT molecular complexity index is 351. The largest absolute Gasteiger partial charge is 0.467 e. The molecule has 2 atom stereocenters. The van der Waals surface area contributed by atoms with E-state index in [0.717, 1.165) is 31.3 Å². The number of ether oxygens (including phenoxy) is 1. The van der Waals surface area contributed by atoms with Crippen molar-refractivity contribution < 1.29 is 14.3 Å². The van der Waals surface area contributed by atoms with E-state index in [0.29, 0.717) is 13.2 Å². The summed E-state index contributed by atoms with van der Waals surface area (Å²) in [7, 11) is 0. The van der Waals surface area contributed by atoms with Gasteiger partial charge in [0, 0.05) is 13.1 Å². The van der Waals surface area contributed by atoms with Crippen LogP contribution in [0.4, 0.5) is 0 Å². The van der Waals surface area contributed by atoms with Gasteiger partial charge in [0.05, 0.1) is 19.0 Å². The van der Waals surface area contributed by atoms with Crippen molar-refractivity contribution in [3.8, 4) is 0 Å². The standard InChI is InChI=1S/C16H27NO3/c1-2-5-14-6-3-8-17(10-14)11-15(18)12-19-13-16-7-4-9-20-16/h4,7,9,14-15,18H,2-3,5-6,8,10-13H2,1H3. The summed E-state index contributed by atoms with van der Waals surface area (Å²) in [6, 6.07) is 3.73. The summed E-state index contributed by atoms with van der Waals surface area (Å²) < 4.78 is 10.7. The highest BCUT2D eigenvalue weighted by Crippen LogP contribution is 2.20. The van der Waals surface area contributed by atoms with Crippen LogP contribution in [-0.2, 0) is 11.3 Å².